The van der Waals surface area contributed by atoms with Gasteiger partial charge in [0.05, 0.1) is 16.1 Å². The molecular formula is C11H11BrIN3O. The number of rotatable bonds is 1. The molecule has 0 amide bonds. The van der Waals surface area contributed by atoms with Crippen molar-refractivity contribution in [2.45, 2.75) is 25.5 Å². The van der Waals surface area contributed by atoms with Crippen molar-refractivity contribution in [1.82, 2.24) is 14.8 Å². The molecule has 2 aromatic rings. The summed E-state index contributed by atoms with van der Waals surface area (Å²) in [5.41, 5.74) is 0.907. The van der Waals surface area contributed by atoms with E-state index in [0.29, 0.717) is 0 Å². The predicted octanol–water partition coefficient (Wildman–Crippen LogP) is 3.50. The lowest BCUT2D eigenvalue weighted by molar-refractivity contribution is -0.0370. The molecule has 0 saturated carbocycles. The summed E-state index contributed by atoms with van der Waals surface area (Å²) >= 11 is 5.79. The molecule has 0 spiro atoms. The van der Waals surface area contributed by atoms with Crippen LogP contribution >= 0.6 is 38.5 Å². The molecule has 6 heteroatoms. The van der Waals surface area contributed by atoms with Crippen LogP contribution in [0.25, 0.3) is 11.0 Å². The van der Waals surface area contributed by atoms with Crippen molar-refractivity contribution in [3.63, 3.8) is 0 Å². The highest BCUT2D eigenvalue weighted by atomic mass is 127. The number of halogens is 2. The zero-order valence-corrected chi connectivity index (χ0v) is 12.8. The first-order valence-corrected chi connectivity index (χ1v) is 7.43. The molecule has 3 rings (SSSR count). The molecule has 0 aromatic carbocycles. The molecule has 0 bridgehead atoms. The molecule has 1 unspecified atom stereocenters. The molecule has 2 aromatic heterocycles. The first-order chi connectivity index (χ1) is 8.27. The number of nitrogens with zero attached hydrogens (tertiary/aromatic N) is 3. The van der Waals surface area contributed by atoms with Gasteiger partial charge < -0.3 is 4.74 Å². The van der Waals surface area contributed by atoms with Gasteiger partial charge in [0.1, 0.15) is 0 Å². The molecule has 1 aliphatic rings. The summed E-state index contributed by atoms with van der Waals surface area (Å²) in [7, 11) is 0. The third kappa shape index (κ3) is 2.10. The van der Waals surface area contributed by atoms with Crippen molar-refractivity contribution in [2.75, 3.05) is 6.61 Å². The fraction of sp³-hybridized carbons (Fsp3) is 0.455. The Morgan fingerprint density at radius 1 is 1.41 bits per heavy atom. The maximum absolute atomic E-state index is 5.75. The molecule has 1 aliphatic heterocycles. The summed E-state index contributed by atoms with van der Waals surface area (Å²) in [5.74, 6) is 0. The minimum absolute atomic E-state index is 0.0470. The average molecular weight is 408 g/mol. The van der Waals surface area contributed by atoms with E-state index >= 15 is 0 Å². The zero-order chi connectivity index (χ0) is 11.8. The van der Waals surface area contributed by atoms with Gasteiger partial charge in [-0.2, -0.15) is 5.10 Å². The minimum Gasteiger partial charge on any atom is -0.356 e. The molecule has 17 heavy (non-hydrogen) atoms. The van der Waals surface area contributed by atoms with E-state index in [9.17, 15) is 0 Å². The number of aromatic nitrogens is 3. The van der Waals surface area contributed by atoms with Crippen LogP contribution in [0.5, 0.6) is 0 Å². The fourth-order valence-electron chi connectivity index (χ4n) is 2.07. The van der Waals surface area contributed by atoms with Gasteiger partial charge in [-0.15, -0.1) is 0 Å². The lowest BCUT2D eigenvalue weighted by Crippen LogP contribution is -2.19. The Labute approximate surface area is 121 Å². The van der Waals surface area contributed by atoms with Crippen LogP contribution in [0.1, 0.15) is 25.5 Å². The Kier molecular flexibility index (Phi) is 3.36. The summed E-state index contributed by atoms with van der Waals surface area (Å²) in [6.45, 7) is 0.819. The van der Waals surface area contributed by atoms with Gasteiger partial charge in [-0.25, -0.2) is 9.67 Å². The Morgan fingerprint density at radius 3 is 3.06 bits per heavy atom. The first-order valence-electron chi connectivity index (χ1n) is 5.56. The molecule has 4 nitrogen and oxygen atoms in total. The second-order valence-corrected chi connectivity index (χ2v) is 6.00. The van der Waals surface area contributed by atoms with E-state index in [0.717, 1.165) is 38.5 Å². The number of ether oxygens (including phenoxy) is 1. The molecule has 0 N–H and O–H groups in total. The van der Waals surface area contributed by atoms with Crippen LogP contribution in [0.2, 0.25) is 0 Å². The number of hydrogen-bond acceptors (Lipinski definition) is 3. The molecule has 0 radical (unpaired) electrons. The van der Waals surface area contributed by atoms with Gasteiger partial charge in [0, 0.05) is 16.4 Å². The van der Waals surface area contributed by atoms with Crippen molar-refractivity contribution in [3.8, 4) is 0 Å². The van der Waals surface area contributed by atoms with Crippen molar-refractivity contribution in [2.24, 2.45) is 0 Å². The largest absolute Gasteiger partial charge is 0.356 e. The van der Waals surface area contributed by atoms with E-state index in [1.807, 2.05) is 17.1 Å². The van der Waals surface area contributed by atoms with Gasteiger partial charge in [0.15, 0.2) is 11.9 Å². The first kappa shape index (κ1) is 11.9. The normalized spacial score (nSPS) is 20.9. The Hall–Kier alpha value is -0.210. The van der Waals surface area contributed by atoms with E-state index in [-0.39, 0.29) is 6.23 Å². The summed E-state index contributed by atoms with van der Waals surface area (Å²) < 4.78 is 9.81. The summed E-state index contributed by atoms with van der Waals surface area (Å²) in [4.78, 5) is 4.45. The standard InChI is InChI=1S/C11H11BrIN3O/c12-8-6-14-11-7(10(8)13)5-15-16(11)9-3-1-2-4-17-9/h5-6,9H,1-4H2. The smallest absolute Gasteiger partial charge is 0.161 e. The lowest BCUT2D eigenvalue weighted by atomic mass is 10.2. The molecular weight excluding hydrogens is 397 g/mol. The topological polar surface area (TPSA) is 39.9 Å². The van der Waals surface area contributed by atoms with Gasteiger partial charge in [-0.3, -0.25) is 0 Å². The van der Waals surface area contributed by atoms with Crippen LogP contribution in [0.3, 0.4) is 0 Å². The van der Waals surface area contributed by atoms with E-state index < -0.39 is 0 Å². The van der Waals surface area contributed by atoms with Crippen LogP contribution in [-0.2, 0) is 4.74 Å². The highest BCUT2D eigenvalue weighted by Gasteiger charge is 2.20. The fourth-order valence-corrected chi connectivity index (χ4v) is 2.91. The second-order valence-electron chi connectivity index (χ2n) is 4.07. The highest BCUT2D eigenvalue weighted by molar-refractivity contribution is 14.1. The number of fused-ring (bicyclic) bond motifs is 1. The molecule has 1 saturated heterocycles. The van der Waals surface area contributed by atoms with Gasteiger partial charge in [0.2, 0.25) is 0 Å². The minimum atomic E-state index is 0.0470. The van der Waals surface area contributed by atoms with Crippen LogP contribution in [0, 0.1) is 3.57 Å². The van der Waals surface area contributed by atoms with E-state index in [4.69, 9.17) is 4.74 Å². The number of hydrogen-bond donors (Lipinski definition) is 0. The zero-order valence-electron chi connectivity index (χ0n) is 9.07. The highest BCUT2D eigenvalue weighted by Crippen LogP contribution is 2.29. The van der Waals surface area contributed by atoms with Gasteiger partial charge in [-0.1, -0.05) is 0 Å². The maximum atomic E-state index is 5.75. The molecule has 0 aliphatic carbocycles. The summed E-state index contributed by atoms with van der Waals surface area (Å²) in [6.07, 6.45) is 7.10. The van der Waals surface area contributed by atoms with Crippen molar-refractivity contribution >= 4 is 49.6 Å². The summed E-state index contributed by atoms with van der Waals surface area (Å²) in [5, 5.41) is 5.50. The Balaban J connectivity index is 2.08. The van der Waals surface area contributed by atoms with Crippen LogP contribution in [0.15, 0.2) is 16.9 Å². The monoisotopic (exact) mass is 407 g/mol. The van der Waals surface area contributed by atoms with Gasteiger partial charge in [0.25, 0.3) is 0 Å². The average Bonchev–Trinajstić information content (AvgIpc) is 2.79. The molecule has 1 fully saturated rings. The van der Waals surface area contributed by atoms with E-state index in [1.54, 1.807) is 0 Å². The predicted molar refractivity (Wildman–Crippen MR) is 76.8 cm³/mol. The van der Waals surface area contributed by atoms with Crippen molar-refractivity contribution in [3.05, 3.63) is 20.4 Å². The maximum Gasteiger partial charge on any atom is 0.161 e. The Bertz CT molecular complexity index is 551. The molecule has 90 valence electrons. The van der Waals surface area contributed by atoms with Gasteiger partial charge in [-0.05, 0) is 57.8 Å². The lowest BCUT2D eigenvalue weighted by Gasteiger charge is -2.22. The van der Waals surface area contributed by atoms with Gasteiger partial charge >= 0.3 is 0 Å². The second kappa shape index (κ2) is 4.81. The Morgan fingerprint density at radius 2 is 2.29 bits per heavy atom. The third-order valence-electron chi connectivity index (χ3n) is 2.94. The third-order valence-corrected chi connectivity index (χ3v) is 5.45. The van der Waals surface area contributed by atoms with Crippen LogP contribution in [-0.4, -0.2) is 21.4 Å². The van der Waals surface area contributed by atoms with Crippen molar-refractivity contribution < 1.29 is 4.74 Å². The van der Waals surface area contributed by atoms with Crippen molar-refractivity contribution in [1.29, 1.82) is 0 Å². The molecule has 3 heterocycles. The van der Waals surface area contributed by atoms with Crippen LogP contribution < -0.4 is 0 Å². The van der Waals surface area contributed by atoms with E-state index in [1.165, 1.54) is 6.42 Å². The number of pyridine rings is 1. The SMILES string of the molecule is Brc1cnc2c(cnn2C2CCCCO2)c1I. The van der Waals surface area contributed by atoms with E-state index in [2.05, 4.69) is 48.6 Å². The van der Waals surface area contributed by atoms with Crippen LogP contribution in [0.4, 0.5) is 0 Å². The summed E-state index contributed by atoms with van der Waals surface area (Å²) in [6, 6.07) is 0. The quantitative estimate of drug-likeness (QED) is 0.679. The molecule has 1 atom stereocenters.